The Labute approximate surface area is 181 Å². The second-order valence-electron chi connectivity index (χ2n) is 8.20. The molecule has 0 radical (unpaired) electrons. The quantitative estimate of drug-likeness (QED) is 0.676. The second-order valence-corrected chi connectivity index (χ2v) is 8.20. The van der Waals surface area contributed by atoms with Crippen molar-refractivity contribution in [2.45, 2.75) is 38.1 Å². The summed E-state index contributed by atoms with van der Waals surface area (Å²) < 4.78 is 50.5. The van der Waals surface area contributed by atoms with Crippen LogP contribution in [0.25, 0.3) is 0 Å². The molecule has 4 nitrogen and oxygen atoms in total. The zero-order valence-electron chi connectivity index (χ0n) is 18.0. The lowest BCUT2D eigenvalue weighted by molar-refractivity contribution is -0.137. The molecule has 2 aliphatic rings. The van der Waals surface area contributed by atoms with Gasteiger partial charge in [0, 0.05) is 26.2 Å². The van der Waals surface area contributed by atoms with Gasteiger partial charge in [-0.2, -0.15) is 13.2 Å². The number of alkyl halides is 3. The molecule has 0 N–H and O–H groups in total. The summed E-state index contributed by atoms with van der Waals surface area (Å²) >= 11 is 0. The first-order valence-electron chi connectivity index (χ1n) is 10.9. The van der Waals surface area contributed by atoms with Crippen molar-refractivity contribution >= 4 is 0 Å². The van der Waals surface area contributed by atoms with Crippen LogP contribution < -0.4 is 9.47 Å². The van der Waals surface area contributed by atoms with Crippen molar-refractivity contribution in [1.82, 2.24) is 9.80 Å². The molecule has 0 aromatic heterocycles. The third-order valence-electron chi connectivity index (χ3n) is 6.44. The van der Waals surface area contributed by atoms with Gasteiger partial charge in [-0.05, 0) is 66.9 Å². The number of ether oxygens (including phenoxy) is 2. The van der Waals surface area contributed by atoms with Crippen molar-refractivity contribution in [2.24, 2.45) is 0 Å². The molecule has 31 heavy (non-hydrogen) atoms. The third kappa shape index (κ3) is 4.83. The van der Waals surface area contributed by atoms with Crippen LogP contribution in [0.15, 0.2) is 42.5 Å². The number of halogens is 3. The first-order valence-corrected chi connectivity index (χ1v) is 10.9. The lowest BCUT2D eigenvalue weighted by Gasteiger charge is -2.44. The van der Waals surface area contributed by atoms with Crippen LogP contribution in [0.1, 0.15) is 36.1 Å². The van der Waals surface area contributed by atoms with Gasteiger partial charge in [0.05, 0.1) is 18.7 Å². The standard InChI is InChI=1S/C24H29F3N2O2/c1-3-28-12-14-29(15-13-28)23-21-16-20(30-2)8-4-17(21)5-11-22(23)31-19-9-6-18(7-10-19)24(25,26)27/h4,6-10,16,22-23H,3,5,11-15H2,1-2H3/t22-,23-/m1/s1. The summed E-state index contributed by atoms with van der Waals surface area (Å²) in [6, 6.07) is 11.3. The molecule has 168 valence electrons. The Bertz CT molecular complexity index is 877. The maximum atomic E-state index is 12.9. The van der Waals surface area contributed by atoms with Crippen LogP contribution in [0.2, 0.25) is 0 Å². The highest BCUT2D eigenvalue weighted by Crippen LogP contribution is 2.39. The molecular weight excluding hydrogens is 405 g/mol. The zero-order valence-corrected chi connectivity index (χ0v) is 18.0. The Morgan fingerprint density at radius 3 is 2.26 bits per heavy atom. The van der Waals surface area contributed by atoms with Gasteiger partial charge in [-0.3, -0.25) is 4.90 Å². The highest BCUT2D eigenvalue weighted by atomic mass is 19.4. The summed E-state index contributed by atoms with van der Waals surface area (Å²) in [5.41, 5.74) is 1.83. The molecule has 2 aromatic rings. The topological polar surface area (TPSA) is 24.9 Å². The molecule has 1 saturated heterocycles. The van der Waals surface area contributed by atoms with Crippen LogP contribution in [0, 0.1) is 0 Å². The second kappa shape index (κ2) is 9.09. The lowest BCUT2D eigenvalue weighted by atomic mass is 9.84. The minimum absolute atomic E-state index is 0.0418. The van der Waals surface area contributed by atoms with Gasteiger partial charge < -0.3 is 14.4 Å². The van der Waals surface area contributed by atoms with Gasteiger partial charge in [0.2, 0.25) is 0 Å². The van der Waals surface area contributed by atoms with Gasteiger partial charge in [0.15, 0.2) is 0 Å². The van der Waals surface area contributed by atoms with Crippen molar-refractivity contribution in [3.05, 3.63) is 59.2 Å². The van der Waals surface area contributed by atoms with Crippen LogP contribution in [0.4, 0.5) is 13.2 Å². The molecule has 0 spiro atoms. The zero-order chi connectivity index (χ0) is 22.0. The Hall–Kier alpha value is -2.25. The number of likely N-dealkylation sites (N-methyl/N-ethyl adjacent to an activating group) is 1. The number of methoxy groups -OCH3 is 1. The molecule has 0 unspecified atom stereocenters. The number of rotatable bonds is 5. The van der Waals surface area contributed by atoms with Crippen molar-refractivity contribution in [2.75, 3.05) is 39.8 Å². The summed E-state index contributed by atoms with van der Waals surface area (Å²) in [7, 11) is 1.66. The summed E-state index contributed by atoms with van der Waals surface area (Å²) in [5.74, 6) is 1.28. The normalized spacial score (nSPS) is 22.7. The minimum Gasteiger partial charge on any atom is -0.497 e. The van der Waals surface area contributed by atoms with Crippen molar-refractivity contribution in [1.29, 1.82) is 0 Å². The number of benzene rings is 2. The Morgan fingerprint density at radius 1 is 0.968 bits per heavy atom. The highest BCUT2D eigenvalue weighted by molar-refractivity contribution is 5.41. The van der Waals surface area contributed by atoms with E-state index in [1.54, 1.807) is 7.11 Å². The molecule has 2 atom stereocenters. The molecule has 1 heterocycles. The van der Waals surface area contributed by atoms with Gasteiger partial charge >= 0.3 is 6.18 Å². The number of nitrogens with zero attached hydrogens (tertiary/aromatic N) is 2. The first kappa shape index (κ1) is 22.0. The fourth-order valence-electron chi connectivity index (χ4n) is 4.67. The van der Waals surface area contributed by atoms with Gasteiger partial charge in [0.25, 0.3) is 0 Å². The molecule has 1 aliphatic heterocycles. The molecule has 7 heteroatoms. The van der Waals surface area contributed by atoms with E-state index >= 15 is 0 Å². The maximum Gasteiger partial charge on any atom is 0.416 e. The fourth-order valence-corrected chi connectivity index (χ4v) is 4.67. The minimum atomic E-state index is -4.35. The van der Waals surface area contributed by atoms with Crippen LogP contribution in [0.5, 0.6) is 11.5 Å². The molecule has 0 bridgehead atoms. The number of hydrogen-bond acceptors (Lipinski definition) is 4. The average molecular weight is 435 g/mol. The first-order chi connectivity index (χ1) is 14.9. The number of aryl methyl sites for hydroxylation is 1. The predicted octanol–water partition coefficient (Wildman–Crippen LogP) is 4.79. The lowest BCUT2D eigenvalue weighted by Crippen LogP contribution is -2.51. The smallest absolute Gasteiger partial charge is 0.416 e. The Balaban J connectivity index is 1.61. The van der Waals surface area contributed by atoms with Gasteiger partial charge in [-0.15, -0.1) is 0 Å². The van der Waals surface area contributed by atoms with E-state index in [4.69, 9.17) is 9.47 Å². The monoisotopic (exact) mass is 434 g/mol. The van der Waals surface area contributed by atoms with E-state index in [-0.39, 0.29) is 12.1 Å². The van der Waals surface area contributed by atoms with Gasteiger partial charge in [0.1, 0.15) is 17.6 Å². The van der Waals surface area contributed by atoms with Crippen LogP contribution in [-0.2, 0) is 12.6 Å². The molecule has 1 aliphatic carbocycles. The summed E-state index contributed by atoms with van der Waals surface area (Å²) in [4.78, 5) is 4.88. The van der Waals surface area contributed by atoms with Crippen molar-refractivity contribution < 1.29 is 22.6 Å². The Morgan fingerprint density at radius 2 is 1.65 bits per heavy atom. The number of fused-ring (bicyclic) bond motifs is 1. The van der Waals surface area contributed by atoms with E-state index in [1.165, 1.54) is 23.3 Å². The number of hydrogen-bond donors (Lipinski definition) is 0. The fraction of sp³-hybridized carbons (Fsp3) is 0.500. The third-order valence-corrected chi connectivity index (χ3v) is 6.44. The van der Waals surface area contributed by atoms with Gasteiger partial charge in [-0.25, -0.2) is 0 Å². The van der Waals surface area contributed by atoms with Crippen molar-refractivity contribution in [3.63, 3.8) is 0 Å². The predicted molar refractivity (Wildman–Crippen MR) is 114 cm³/mol. The molecular formula is C24H29F3N2O2. The maximum absolute atomic E-state index is 12.9. The van der Waals surface area contributed by atoms with E-state index in [2.05, 4.69) is 28.9 Å². The highest BCUT2D eigenvalue weighted by Gasteiger charge is 2.37. The molecule has 0 saturated carbocycles. The van der Waals surface area contributed by atoms with E-state index in [9.17, 15) is 13.2 Å². The summed E-state index contributed by atoms with van der Waals surface area (Å²) in [6.45, 7) is 7.07. The van der Waals surface area contributed by atoms with E-state index in [0.717, 1.165) is 63.4 Å². The molecule has 2 aromatic carbocycles. The Kier molecular flexibility index (Phi) is 6.44. The van der Waals surface area contributed by atoms with E-state index < -0.39 is 11.7 Å². The largest absolute Gasteiger partial charge is 0.497 e. The molecule has 0 amide bonds. The van der Waals surface area contributed by atoms with Crippen molar-refractivity contribution in [3.8, 4) is 11.5 Å². The van der Waals surface area contributed by atoms with E-state index in [1.807, 2.05) is 6.07 Å². The SMILES string of the molecule is CCN1CCN([C@@H]2c3cc(OC)ccc3CC[C@H]2Oc2ccc(C(F)(F)F)cc2)CC1. The van der Waals surface area contributed by atoms with E-state index in [0.29, 0.717) is 5.75 Å². The number of piperazine rings is 1. The van der Waals surface area contributed by atoms with Crippen LogP contribution >= 0.6 is 0 Å². The summed E-state index contributed by atoms with van der Waals surface area (Å²) in [6.07, 6.45) is -2.79. The van der Waals surface area contributed by atoms with Gasteiger partial charge in [-0.1, -0.05) is 13.0 Å². The molecule has 4 rings (SSSR count). The average Bonchev–Trinajstić information content (AvgIpc) is 2.78. The molecule has 1 fully saturated rings. The summed E-state index contributed by atoms with van der Waals surface area (Å²) in [5, 5.41) is 0. The van der Waals surface area contributed by atoms with Crippen LogP contribution in [0.3, 0.4) is 0 Å². The van der Waals surface area contributed by atoms with Crippen LogP contribution in [-0.4, -0.2) is 55.7 Å².